The first-order chi connectivity index (χ1) is 14.1. The number of aromatic nitrogens is 1. The third-order valence-corrected chi connectivity index (χ3v) is 6.09. The van der Waals surface area contributed by atoms with Gasteiger partial charge in [-0.2, -0.15) is 0 Å². The molecule has 2 aliphatic heterocycles. The number of hydrogen-bond donors (Lipinski definition) is 1. The Morgan fingerprint density at radius 3 is 2.28 bits per heavy atom. The lowest BCUT2D eigenvalue weighted by molar-refractivity contribution is 0.0697. The van der Waals surface area contributed by atoms with Crippen LogP contribution in [0, 0.1) is 5.92 Å². The molecule has 2 aromatic rings. The summed E-state index contributed by atoms with van der Waals surface area (Å²) in [4.78, 5) is 23.8. The van der Waals surface area contributed by atoms with Crippen molar-refractivity contribution >= 4 is 23.1 Å². The Kier molecular flexibility index (Phi) is 6.00. The molecule has 1 aromatic carbocycles. The van der Waals surface area contributed by atoms with Gasteiger partial charge in [0, 0.05) is 56.8 Å². The Morgan fingerprint density at radius 2 is 1.66 bits per heavy atom. The van der Waals surface area contributed by atoms with E-state index in [-0.39, 0.29) is 5.91 Å². The van der Waals surface area contributed by atoms with Crippen LogP contribution in [0.1, 0.15) is 30.1 Å². The standard InChI is InChI=1S/C23H31N5O/c1-18-9-11-28(12-10-18)23(29)19-3-8-22(24-17-19)25-20-4-6-21(7-5-20)27-15-13-26(2)14-16-27/h3-8,17-18H,9-16H2,1-2H3,(H,24,25). The van der Waals surface area contributed by atoms with E-state index in [0.717, 1.165) is 63.6 Å². The number of carbonyl (C=O) groups is 1. The van der Waals surface area contributed by atoms with E-state index in [1.54, 1.807) is 6.20 Å². The second kappa shape index (κ2) is 8.82. The molecule has 2 fully saturated rings. The number of rotatable bonds is 4. The molecule has 1 N–H and O–H groups in total. The predicted molar refractivity (Wildman–Crippen MR) is 118 cm³/mol. The van der Waals surface area contributed by atoms with Crippen LogP contribution in [0.15, 0.2) is 42.6 Å². The van der Waals surface area contributed by atoms with E-state index in [9.17, 15) is 4.79 Å². The molecule has 0 radical (unpaired) electrons. The van der Waals surface area contributed by atoms with E-state index in [0.29, 0.717) is 11.5 Å². The Morgan fingerprint density at radius 1 is 0.966 bits per heavy atom. The van der Waals surface area contributed by atoms with Crippen LogP contribution in [0.3, 0.4) is 0 Å². The summed E-state index contributed by atoms with van der Waals surface area (Å²) >= 11 is 0. The van der Waals surface area contributed by atoms with Crippen molar-refractivity contribution in [2.75, 3.05) is 56.5 Å². The molecule has 0 atom stereocenters. The number of pyridine rings is 1. The van der Waals surface area contributed by atoms with Crippen molar-refractivity contribution in [3.05, 3.63) is 48.2 Å². The van der Waals surface area contributed by atoms with Gasteiger partial charge in [-0.25, -0.2) is 4.98 Å². The van der Waals surface area contributed by atoms with Crippen molar-refractivity contribution in [3.8, 4) is 0 Å². The molecule has 0 unspecified atom stereocenters. The number of amides is 1. The van der Waals surface area contributed by atoms with Crippen LogP contribution in [0.25, 0.3) is 0 Å². The number of nitrogens with one attached hydrogen (secondary N) is 1. The van der Waals surface area contributed by atoms with Crippen LogP contribution in [-0.2, 0) is 0 Å². The van der Waals surface area contributed by atoms with Crippen LogP contribution in [-0.4, -0.2) is 67.0 Å². The number of carbonyl (C=O) groups excluding carboxylic acids is 1. The van der Waals surface area contributed by atoms with Gasteiger partial charge in [0.25, 0.3) is 5.91 Å². The van der Waals surface area contributed by atoms with Crippen LogP contribution < -0.4 is 10.2 Å². The van der Waals surface area contributed by atoms with Gasteiger partial charge in [0.1, 0.15) is 5.82 Å². The van der Waals surface area contributed by atoms with Gasteiger partial charge in [-0.15, -0.1) is 0 Å². The monoisotopic (exact) mass is 393 g/mol. The average molecular weight is 394 g/mol. The van der Waals surface area contributed by atoms with Crippen molar-refractivity contribution in [1.82, 2.24) is 14.8 Å². The molecule has 0 spiro atoms. The molecule has 0 bridgehead atoms. The summed E-state index contributed by atoms with van der Waals surface area (Å²) in [7, 11) is 2.17. The summed E-state index contributed by atoms with van der Waals surface area (Å²) in [5.41, 5.74) is 2.92. The van der Waals surface area contributed by atoms with Crippen molar-refractivity contribution in [2.45, 2.75) is 19.8 Å². The molecule has 1 aromatic heterocycles. The Bertz CT molecular complexity index is 804. The maximum atomic E-state index is 12.6. The molecule has 3 heterocycles. The highest BCUT2D eigenvalue weighted by atomic mass is 16.2. The molecule has 0 aliphatic carbocycles. The lowest BCUT2D eigenvalue weighted by Gasteiger charge is -2.34. The van der Waals surface area contributed by atoms with Crippen molar-refractivity contribution < 1.29 is 4.79 Å². The van der Waals surface area contributed by atoms with E-state index in [1.165, 1.54) is 5.69 Å². The summed E-state index contributed by atoms with van der Waals surface area (Å²) in [5.74, 6) is 1.56. The molecule has 154 valence electrons. The van der Waals surface area contributed by atoms with Gasteiger partial charge < -0.3 is 20.0 Å². The maximum absolute atomic E-state index is 12.6. The van der Waals surface area contributed by atoms with E-state index < -0.39 is 0 Å². The molecule has 2 aliphatic rings. The first-order valence-electron chi connectivity index (χ1n) is 10.6. The Labute approximate surface area is 173 Å². The van der Waals surface area contributed by atoms with Crippen molar-refractivity contribution in [3.63, 3.8) is 0 Å². The normalized spacial score (nSPS) is 18.7. The zero-order valence-electron chi connectivity index (χ0n) is 17.5. The number of nitrogens with zero attached hydrogens (tertiary/aromatic N) is 4. The fraction of sp³-hybridized carbons (Fsp3) is 0.478. The zero-order chi connectivity index (χ0) is 20.2. The van der Waals surface area contributed by atoms with E-state index >= 15 is 0 Å². The van der Waals surface area contributed by atoms with E-state index in [2.05, 4.69) is 58.3 Å². The first-order valence-corrected chi connectivity index (χ1v) is 10.6. The maximum Gasteiger partial charge on any atom is 0.255 e. The fourth-order valence-electron chi connectivity index (χ4n) is 3.96. The van der Waals surface area contributed by atoms with Gasteiger partial charge in [-0.05, 0) is 62.2 Å². The minimum Gasteiger partial charge on any atom is -0.369 e. The van der Waals surface area contributed by atoms with Crippen molar-refractivity contribution in [1.29, 1.82) is 0 Å². The quantitative estimate of drug-likeness (QED) is 0.862. The Hall–Kier alpha value is -2.60. The highest BCUT2D eigenvalue weighted by Crippen LogP contribution is 2.22. The topological polar surface area (TPSA) is 51.7 Å². The lowest BCUT2D eigenvalue weighted by Crippen LogP contribution is -2.44. The highest BCUT2D eigenvalue weighted by molar-refractivity contribution is 5.94. The minimum absolute atomic E-state index is 0.0903. The Balaban J connectivity index is 1.34. The summed E-state index contributed by atoms with van der Waals surface area (Å²) in [6.45, 7) is 8.28. The predicted octanol–water partition coefficient (Wildman–Crippen LogP) is 3.45. The summed E-state index contributed by atoms with van der Waals surface area (Å²) in [5, 5.41) is 3.33. The number of hydrogen-bond acceptors (Lipinski definition) is 5. The molecular formula is C23H31N5O. The van der Waals surface area contributed by atoms with Gasteiger partial charge in [0.2, 0.25) is 0 Å². The fourth-order valence-corrected chi connectivity index (χ4v) is 3.96. The van der Waals surface area contributed by atoms with E-state index in [4.69, 9.17) is 0 Å². The first kappa shape index (κ1) is 19.7. The summed E-state index contributed by atoms with van der Waals surface area (Å²) in [6.07, 6.45) is 3.85. The molecule has 1 amide bonds. The lowest BCUT2D eigenvalue weighted by atomic mass is 9.99. The number of likely N-dealkylation sites (tertiary alicyclic amines) is 1. The second-order valence-corrected chi connectivity index (χ2v) is 8.37. The molecule has 6 heteroatoms. The molecule has 2 saturated heterocycles. The van der Waals surface area contributed by atoms with E-state index in [1.807, 2.05) is 17.0 Å². The zero-order valence-corrected chi connectivity index (χ0v) is 17.5. The van der Waals surface area contributed by atoms with Crippen LogP contribution in [0.4, 0.5) is 17.2 Å². The highest BCUT2D eigenvalue weighted by Gasteiger charge is 2.21. The minimum atomic E-state index is 0.0903. The SMILES string of the molecule is CC1CCN(C(=O)c2ccc(Nc3ccc(N4CCN(C)CC4)cc3)nc2)CC1. The number of likely N-dealkylation sites (N-methyl/N-ethyl adjacent to an activating group) is 1. The number of benzene rings is 1. The van der Waals surface area contributed by atoms with Gasteiger partial charge in [-0.3, -0.25) is 4.79 Å². The smallest absolute Gasteiger partial charge is 0.255 e. The molecule has 29 heavy (non-hydrogen) atoms. The average Bonchev–Trinajstić information content (AvgIpc) is 2.76. The van der Waals surface area contributed by atoms with Gasteiger partial charge in [0.05, 0.1) is 5.56 Å². The third-order valence-electron chi connectivity index (χ3n) is 6.09. The number of piperidine rings is 1. The second-order valence-electron chi connectivity index (χ2n) is 8.37. The summed E-state index contributed by atoms with van der Waals surface area (Å²) in [6, 6.07) is 12.2. The summed E-state index contributed by atoms with van der Waals surface area (Å²) < 4.78 is 0. The van der Waals surface area contributed by atoms with Crippen LogP contribution >= 0.6 is 0 Å². The number of piperazine rings is 1. The molecule has 0 saturated carbocycles. The molecule has 6 nitrogen and oxygen atoms in total. The van der Waals surface area contributed by atoms with Crippen LogP contribution in [0.2, 0.25) is 0 Å². The largest absolute Gasteiger partial charge is 0.369 e. The van der Waals surface area contributed by atoms with Crippen molar-refractivity contribution in [2.24, 2.45) is 5.92 Å². The third kappa shape index (κ3) is 4.88. The molecule has 4 rings (SSSR count). The van der Waals surface area contributed by atoms with Gasteiger partial charge in [0.15, 0.2) is 0 Å². The van der Waals surface area contributed by atoms with Gasteiger partial charge >= 0.3 is 0 Å². The van der Waals surface area contributed by atoms with Gasteiger partial charge in [-0.1, -0.05) is 6.92 Å². The molecular weight excluding hydrogens is 362 g/mol. The van der Waals surface area contributed by atoms with Crippen LogP contribution in [0.5, 0.6) is 0 Å². The number of anilines is 3.